The molecule has 4 aromatic carbocycles. The van der Waals surface area contributed by atoms with E-state index in [2.05, 4.69) is 5.32 Å². The van der Waals surface area contributed by atoms with Crippen molar-refractivity contribution in [2.24, 2.45) is 0 Å². The first-order valence-electron chi connectivity index (χ1n) is 15.2. The third kappa shape index (κ3) is 8.81. The molecule has 2 amide bonds. The second-order valence-electron chi connectivity index (χ2n) is 12.7. The molecular formula is C37H42FN3O4S. The molecule has 0 unspecified atom stereocenters. The molecule has 0 aliphatic rings. The fourth-order valence-corrected chi connectivity index (χ4v) is 6.60. The first kappa shape index (κ1) is 34.4. The molecule has 0 spiro atoms. The number of anilines is 1. The van der Waals surface area contributed by atoms with Crippen LogP contribution < -0.4 is 9.62 Å². The fraction of sp³-hybridized carbons (Fsp3) is 0.297. The van der Waals surface area contributed by atoms with Gasteiger partial charge in [0.2, 0.25) is 11.8 Å². The molecule has 0 fully saturated rings. The zero-order chi connectivity index (χ0) is 33.6. The van der Waals surface area contributed by atoms with E-state index in [4.69, 9.17) is 0 Å². The second-order valence-corrected chi connectivity index (χ2v) is 14.6. The lowest BCUT2D eigenvalue weighted by Gasteiger charge is -2.35. The first-order chi connectivity index (χ1) is 21.6. The number of aryl methyl sites for hydroxylation is 3. The topological polar surface area (TPSA) is 86.8 Å². The van der Waals surface area contributed by atoms with Gasteiger partial charge in [0.1, 0.15) is 18.4 Å². The molecule has 1 N–H and O–H groups in total. The average molecular weight is 644 g/mol. The molecule has 0 heterocycles. The number of nitrogens with zero attached hydrogens (tertiary/aromatic N) is 2. The van der Waals surface area contributed by atoms with Gasteiger partial charge in [-0.1, -0.05) is 72.3 Å². The highest BCUT2D eigenvalue weighted by molar-refractivity contribution is 7.92. The van der Waals surface area contributed by atoms with Crippen LogP contribution in [0.2, 0.25) is 0 Å². The van der Waals surface area contributed by atoms with Crippen LogP contribution in [-0.4, -0.2) is 43.3 Å². The van der Waals surface area contributed by atoms with Gasteiger partial charge in [-0.15, -0.1) is 0 Å². The third-order valence-electron chi connectivity index (χ3n) is 7.56. The van der Waals surface area contributed by atoms with Crippen molar-refractivity contribution in [1.82, 2.24) is 10.2 Å². The molecule has 0 radical (unpaired) electrons. The standard InChI is InChI=1S/C37H42FN3O4S/c1-26-13-20-32(21-14-26)46(44,45)41(33-22-27(2)12-15-28(33)3)25-35(42)40(24-30-16-18-31(38)19-17-30)34(36(43)39-37(4,5)6)23-29-10-8-7-9-11-29/h7-22,34H,23-25H2,1-6H3,(H,39,43)/t34-/m1/s1. The van der Waals surface area contributed by atoms with Crippen molar-refractivity contribution >= 4 is 27.5 Å². The van der Waals surface area contributed by atoms with Gasteiger partial charge in [-0.05, 0) is 94.1 Å². The van der Waals surface area contributed by atoms with Gasteiger partial charge < -0.3 is 10.2 Å². The number of carbonyl (C=O) groups is 2. The average Bonchev–Trinajstić information content (AvgIpc) is 2.99. The summed E-state index contributed by atoms with van der Waals surface area (Å²) >= 11 is 0. The van der Waals surface area contributed by atoms with Crippen LogP contribution in [0.5, 0.6) is 0 Å². The van der Waals surface area contributed by atoms with Gasteiger partial charge in [0.05, 0.1) is 10.6 Å². The van der Waals surface area contributed by atoms with Crippen molar-refractivity contribution in [2.45, 2.75) is 71.0 Å². The highest BCUT2D eigenvalue weighted by atomic mass is 32.2. The SMILES string of the molecule is Cc1ccc(S(=O)(=O)N(CC(=O)N(Cc2ccc(F)cc2)[C@H](Cc2ccccc2)C(=O)NC(C)(C)C)c2cc(C)ccc2C)cc1. The van der Waals surface area contributed by atoms with Crippen LogP contribution in [0.1, 0.15) is 48.6 Å². The molecule has 1 atom stereocenters. The Hall–Kier alpha value is -4.50. The van der Waals surface area contributed by atoms with Crippen LogP contribution in [0.25, 0.3) is 0 Å². The quantitative estimate of drug-likeness (QED) is 0.202. The molecule has 0 saturated heterocycles. The largest absolute Gasteiger partial charge is 0.350 e. The molecule has 7 nitrogen and oxygen atoms in total. The third-order valence-corrected chi connectivity index (χ3v) is 9.33. The molecule has 9 heteroatoms. The van der Waals surface area contributed by atoms with Crippen molar-refractivity contribution in [3.63, 3.8) is 0 Å². The first-order valence-corrected chi connectivity index (χ1v) is 16.6. The second kappa shape index (κ2) is 14.3. The summed E-state index contributed by atoms with van der Waals surface area (Å²) in [7, 11) is -4.22. The Bertz CT molecular complexity index is 1770. The maximum atomic E-state index is 14.6. The maximum absolute atomic E-state index is 14.6. The number of hydrogen-bond acceptors (Lipinski definition) is 4. The van der Waals surface area contributed by atoms with Crippen molar-refractivity contribution < 1.29 is 22.4 Å². The molecular weight excluding hydrogens is 601 g/mol. The van der Waals surface area contributed by atoms with Crippen LogP contribution in [0.15, 0.2) is 102 Å². The Balaban J connectivity index is 1.84. The predicted octanol–water partition coefficient (Wildman–Crippen LogP) is 6.50. The van der Waals surface area contributed by atoms with Crippen LogP contribution in [0, 0.1) is 26.6 Å². The minimum Gasteiger partial charge on any atom is -0.350 e. The van der Waals surface area contributed by atoms with Gasteiger partial charge in [0.25, 0.3) is 10.0 Å². The van der Waals surface area contributed by atoms with E-state index in [9.17, 15) is 22.4 Å². The molecule has 0 saturated carbocycles. The van der Waals surface area contributed by atoms with Gasteiger partial charge in [-0.3, -0.25) is 13.9 Å². The summed E-state index contributed by atoms with van der Waals surface area (Å²) in [5, 5.41) is 3.01. The monoisotopic (exact) mass is 643 g/mol. The summed E-state index contributed by atoms with van der Waals surface area (Å²) in [6, 6.07) is 26.0. The number of nitrogens with one attached hydrogen (secondary N) is 1. The van der Waals surface area contributed by atoms with Crippen LogP contribution in [-0.2, 0) is 32.6 Å². The molecule has 0 aliphatic heterocycles. The normalized spacial score (nSPS) is 12.3. The number of halogens is 1. The number of hydrogen-bond donors (Lipinski definition) is 1. The highest BCUT2D eigenvalue weighted by Gasteiger charge is 2.36. The molecule has 4 aromatic rings. The summed E-state index contributed by atoms with van der Waals surface area (Å²) in [6.07, 6.45) is 0.184. The van der Waals surface area contributed by atoms with E-state index in [-0.39, 0.29) is 23.8 Å². The van der Waals surface area contributed by atoms with Crippen molar-refractivity contribution in [2.75, 3.05) is 10.8 Å². The van der Waals surface area contributed by atoms with Gasteiger partial charge in [-0.2, -0.15) is 0 Å². The van der Waals surface area contributed by atoms with E-state index in [1.807, 2.05) is 77.1 Å². The smallest absolute Gasteiger partial charge is 0.264 e. The van der Waals surface area contributed by atoms with Gasteiger partial charge in [-0.25, -0.2) is 12.8 Å². The molecule has 0 aliphatic carbocycles. The zero-order valence-electron chi connectivity index (χ0n) is 27.2. The van der Waals surface area contributed by atoms with E-state index in [0.717, 1.165) is 21.0 Å². The summed E-state index contributed by atoms with van der Waals surface area (Å²) in [5.74, 6) is -1.39. The maximum Gasteiger partial charge on any atom is 0.264 e. The van der Waals surface area contributed by atoms with E-state index < -0.39 is 39.9 Å². The van der Waals surface area contributed by atoms with Crippen molar-refractivity contribution in [1.29, 1.82) is 0 Å². The lowest BCUT2D eigenvalue weighted by Crippen LogP contribution is -2.56. The fourth-order valence-electron chi connectivity index (χ4n) is 5.13. The van der Waals surface area contributed by atoms with Crippen molar-refractivity contribution in [3.8, 4) is 0 Å². The highest BCUT2D eigenvalue weighted by Crippen LogP contribution is 2.29. The minimum absolute atomic E-state index is 0.0423. The number of rotatable bonds is 11. The number of sulfonamides is 1. The van der Waals surface area contributed by atoms with Gasteiger partial charge in [0.15, 0.2) is 0 Å². The number of benzene rings is 4. The Morgan fingerprint density at radius 3 is 2.02 bits per heavy atom. The summed E-state index contributed by atoms with van der Waals surface area (Å²) < 4.78 is 43.6. The van der Waals surface area contributed by atoms with E-state index in [0.29, 0.717) is 16.8 Å². The van der Waals surface area contributed by atoms with Crippen LogP contribution >= 0.6 is 0 Å². The van der Waals surface area contributed by atoms with Crippen LogP contribution in [0.4, 0.5) is 10.1 Å². The van der Waals surface area contributed by atoms with Gasteiger partial charge in [0, 0.05) is 18.5 Å². The van der Waals surface area contributed by atoms with Crippen LogP contribution in [0.3, 0.4) is 0 Å². The molecule has 242 valence electrons. The summed E-state index contributed by atoms with van der Waals surface area (Å²) in [5.41, 5.74) is 3.58. The predicted molar refractivity (Wildman–Crippen MR) is 180 cm³/mol. The zero-order valence-corrected chi connectivity index (χ0v) is 28.1. The molecule has 4 rings (SSSR count). The molecule has 0 aromatic heterocycles. The van der Waals surface area contributed by atoms with Gasteiger partial charge >= 0.3 is 0 Å². The van der Waals surface area contributed by atoms with E-state index in [1.165, 1.54) is 29.2 Å². The molecule has 46 heavy (non-hydrogen) atoms. The Morgan fingerprint density at radius 1 is 0.804 bits per heavy atom. The lowest BCUT2D eigenvalue weighted by molar-refractivity contribution is -0.140. The number of carbonyl (C=O) groups excluding carboxylic acids is 2. The minimum atomic E-state index is -4.22. The summed E-state index contributed by atoms with van der Waals surface area (Å²) in [6.45, 7) is 10.5. The number of amides is 2. The Morgan fingerprint density at radius 2 is 1.41 bits per heavy atom. The lowest BCUT2D eigenvalue weighted by atomic mass is 10.0. The van der Waals surface area contributed by atoms with E-state index in [1.54, 1.807) is 37.3 Å². The van der Waals surface area contributed by atoms with E-state index >= 15 is 0 Å². The molecule has 0 bridgehead atoms. The summed E-state index contributed by atoms with van der Waals surface area (Å²) in [4.78, 5) is 30.0. The Labute approximate surface area is 272 Å². The Kier molecular flexibility index (Phi) is 10.7. The van der Waals surface area contributed by atoms with Crippen molar-refractivity contribution in [3.05, 3.63) is 131 Å².